The summed E-state index contributed by atoms with van der Waals surface area (Å²) >= 11 is 1.90. The molecule has 0 radical (unpaired) electrons. The van der Waals surface area contributed by atoms with Crippen LogP contribution in [-0.2, 0) is 4.74 Å². The van der Waals surface area contributed by atoms with Gasteiger partial charge in [0.2, 0.25) is 0 Å². The Bertz CT molecular complexity index is 541. The molecule has 2 heterocycles. The fourth-order valence-electron chi connectivity index (χ4n) is 3.15. The lowest BCUT2D eigenvalue weighted by molar-refractivity contribution is 0.0177. The Balaban J connectivity index is 0.00000225. The van der Waals surface area contributed by atoms with Crippen LogP contribution in [0.1, 0.15) is 35.1 Å². The predicted molar refractivity (Wildman–Crippen MR) is 116 cm³/mol. The fraction of sp³-hybridized carbons (Fsp3) is 0.722. The van der Waals surface area contributed by atoms with E-state index in [0.717, 1.165) is 51.3 Å². The molecule has 2 aliphatic rings. The third-order valence-corrected chi connectivity index (χ3v) is 5.91. The van der Waals surface area contributed by atoms with Crippen LogP contribution < -0.4 is 10.6 Å². The fourth-order valence-corrected chi connectivity index (χ4v) is 4.16. The summed E-state index contributed by atoms with van der Waals surface area (Å²) in [6, 6.07) is 4.87. The minimum Gasteiger partial charge on any atom is -0.379 e. The largest absolute Gasteiger partial charge is 0.379 e. The molecule has 25 heavy (non-hydrogen) atoms. The molecule has 3 rings (SSSR count). The van der Waals surface area contributed by atoms with Crippen molar-refractivity contribution < 1.29 is 4.74 Å². The SMILES string of the molecule is CN=C(NCCC1CC1)NCC(c1ccc(C)s1)N1CCOCC1.I. The van der Waals surface area contributed by atoms with Gasteiger partial charge in [-0.1, -0.05) is 12.8 Å². The number of nitrogens with zero attached hydrogens (tertiary/aromatic N) is 2. The van der Waals surface area contributed by atoms with E-state index < -0.39 is 0 Å². The van der Waals surface area contributed by atoms with Crippen LogP contribution in [0.4, 0.5) is 0 Å². The Morgan fingerprint density at radius 1 is 1.32 bits per heavy atom. The van der Waals surface area contributed by atoms with Crippen molar-refractivity contribution in [2.45, 2.75) is 32.2 Å². The van der Waals surface area contributed by atoms with E-state index in [2.05, 4.69) is 39.6 Å². The molecule has 7 heteroatoms. The van der Waals surface area contributed by atoms with Crippen LogP contribution in [0.2, 0.25) is 0 Å². The van der Waals surface area contributed by atoms with Gasteiger partial charge in [-0.15, -0.1) is 35.3 Å². The van der Waals surface area contributed by atoms with Crippen molar-refractivity contribution in [2.75, 3.05) is 46.4 Å². The number of ether oxygens (including phenoxy) is 1. The number of aryl methyl sites for hydroxylation is 1. The summed E-state index contributed by atoms with van der Waals surface area (Å²) in [4.78, 5) is 9.70. The van der Waals surface area contributed by atoms with Crippen molar-refractivity contribution in [3.8, 4) is 0 Å². The van der Waals surface area contributed by atoms with Crippen LogP contribution in [0.3, 0.4) is 0 Å². The number of hydrogen-bond donors (Lipinski definition) is 2. The maximum atomic E-state index is 5.52. The topological polar surface area (TPSA) is 48.9 Å². The maximum absolute atomic E-state index is 5.52. The van der Waals surface area contributed by atoms with E-state index >= 15 is 0 Å². The molecule has 1 saturated carbocycles. The highest BCUT2D eigenvalue weighted by atomic mass is 127. The molecule has 5 nitrogen and oxygen atoms in total. The van der Waals surface area contributed by atoms with Gasteiger partial charge in [0, 0.05) is 43.0 Å². The summed E-state index contributed by atoms with van der Waals surface area (Å²) < 4.78 is 5.52. The molecule has 0 spiro atoms. The van der Waals surface area contributed by atoms with E-state index in [1.807, 2.05) is 18.4 Å². The number of guanidine groups is 1. The lowest BCUT2D eigenvalue weighted by atomic mass is 10.2. The van der Waals surface area contributed by atoms with Gasteiger partial charge in [-0.3, -0.25) is 9.89 Å². The Morgan fingerprint density at radius 3 is 2.68 bits per heavy atom. The summed E-state index contributed by atoms with van der Waals surface area (Å²) in [6.45, 7) is 7.72. The molecule has 1 saturated heterocycles. The van der Waals surface area contributed by atoms with Gasteiger partial charge in [0.25, 0.3) is 0 Å². The average molecular weight is 478 g/mol. The molecule has 1 aromatic rings. The first-order chi connectivity index (χ1) is 11.8. The second kappa shape index (κ2) is 10.7. The lowest BCUT2D eigenvalue weighted by Gasteiger charge is -2.34. The molecule has 1 aromatic heterocycles. The molecule has 1 aliphatic carbocycles. The molecule has 142 valence electrons. The summed E-state index contributed by atoms with van der Waals surface area (Å²) in [7, 11) is 1.85. The van der Waals surface area contributed by atoms with Gasteiger partial charge in [-0.2, -0.15) is 0 Å². The van der Waals surface area contributed by atoms with Crippen LogP contribution in [0.15, 0.2) is 17.1 Å². The highest BCUT2D eigenvalue weighted by molar-refractivity contribution is 14.0. The number of hydrogen-bond acceptors (Lipinski definition) is 4. The summed E-state index contributed by atoms with van der Waals surface area (Å²) in [5.41, 5.74) is 0. The van der Waals surface area contributed by atoms with Gasteiger partial charge >= 0.3 is 0 Å². The van der Waals surface area contributed by atoms with Gasteiger partial charge in [-0.25, -0.2) is 0 Å². The molecular formula is C18H31IN4OS. The third kappa shape index (κ3) is 6.69. The van der Waals surface area contributed by atoms with Crippen LogP contribution in [0, 0.1) is 12.8 Å². The number of nitrogens with one attached hydrogen (secondary N) is 2. The Kier molecular flexibility index (Phi) is 8.95. The minimum atomic E-state index is 0. The van der Waals surface area contributed by atoms with Gasteiger partial charge in [0.15, 0.2) is 5.96 Å². The zero-order chi connectivity index (χ0) is 16.8. The van der Waals surface area contributed by atoms with Crippen molar-refractivity contribution in [1.29, 1.82) is 0 Å². The first-order valence-corrected chi connectivity index (χ1v) is 9.90. The molecule has 2 N–H and O–H groups in total. The third-order valence-electron chi connectivity index (χ3n) is 4.80. The van der Waals surface area contributed by atoms with Crippen molar-refractivity contribution in [3.63, 3.8) is 0 Å². The van der Waals surface area contributed by atoms with Crippen LogP contribution in [-0.4, -0.2) is 57.3 Å². The molecule has 1 unspecified atom stereocenters. The second-order valence-corrected chi connectivity index (χ2v) is 8.04. The van der Waals surface area contributed by atoms with E-state index in [1.54, 1.807) is 0 Å². The number of thiophene rings is 1. The zero-order valence-corrected chi connectivity index (χ0v) is 18.4. The Morgan fingerprint density at radius 2 is 2.08 bits per heavy atom. The molecule has 0 amide bonds. The highest BCUT2D eigenvalue weighted by Crippen LogP contribution is 2.31. The van der Waals surface area contributed by atoms with E-state index in [-0.39, 0.29) is 24.0 Å². The van der Waals surface area contributed by atoms with Gasteiger partial charge in [0.1, 0.15) is 0 Å². The first kappa shape index (κ1) is 20.9. The number of rotatable bonds is 7. The molecular weight excluding hydrogens is 447 g/mol. The van der Waals surface area contributed by atoms with Crippen LogP contribution in [0.25, 0.3) is 0 Å². The molecule has 2 fully saturated rings. The Hall–Kier alpha value is -0.380. The summed E-state index contributed by atoms with van der Waals surface area (Å²) in [6.07, 6.45) is 4.08. The monoisotopic (exact) mass is 478 g/mol. The van der Waals surface area contributed by atoms with Crippen LogP contribution in [0.5, 0.6) is 0 Å². The number of aliphatic imine (C=N–C) groups is 1. The molecule has 0 bridgehead atoms. The van der Waals surface area contributed by atoms with E-state index in [0.29, 0.717) is 6.04 Å². The quantitative estimate of drug-likeness (QED) is 0.360. The smallest absolute Gasteiger partial charge is 0.191 e. The first-order valence-electron chi connectivity index (χ1n) is 9.09. The summed E-state index contributed by atoms with van der Waals surface area (Å²) in [5.74, 6) is 1.87. The van der Waals surface area contributed by atoms with Crippen molar-refractivity contribution >= 4 is 41.3 Å². The van der Waals surface area contributed by atoms with Gasteiger partial charge in [-0.05, 0) is 31.4 Å². The van der Waals surface area contributed by atoms with Gasteiger partial charge in [0.05, 0.1) is 19.3 Å². The number of halogens is 1. The Labute approximate surface area is 172 Å². The second-order valence-electron chi connectivity index (χ2n) is 6.72. The van der Waals surface area contributed by atoms with E-state index in [4.69, 9.17) is 4.74 Å². The van der Waals surface area contributed by atoms with E-state index in [1.165, 1.54) is 29.0 Å². The zero-order valence-electron chi connectivity index (χ0n) is 15.3. The minimum absolute atomic E-state index is 0. The number of morpholine rings is 1. The van der Waals surface area contributed by atoms with Crippen molar-refractivity contribution in [2.24, 2.45) is 10.9 Å². The average Bonchev–Trinajstić information content (AvgIpc) is 3.34. The predicted octanol–water partition coefficient (Wildman–Crippen LogP) is 3.01. The standard InChI is InChI=1S/C18H30N4OS.HI/c1-14-3-6-17(24-14)16(22-9-11-23-12-10-22)13-21-18(19-2)20-8-7-15-4-5-15;/h3,6,15-16H,4-5,7-13H2,1-2H3,(H2,19,20,21);1H. The van der Waals surface area contributed by atoms with Crippen LogP contribution >= 0.6 is 35.3 Å². The highest BCUT2D eigenvalue weighted by Gasteiger charge is 2.24. The van der Waals surface area contributed by atoms with E-state index in [9.17, 15) is 0 Å². The molecule has 0 aromatic carbocycles. The maximum Gasteiger partial charge on any atom is 0.191 e. The summed E-state index contributed by atoms with van der Waals surface area (Å²) in [5, 5.41) is 6.99. The normalized spacial score (nSPS) is 20.0. The van der Waals surface area contributed by atoms with Crippen molar-refractivity contribution in [3.05, 3.63) is 21.9 Å². The van der Waals surface area contributed by atoms with Crippen molar-refractivity contribution in [1.82, 2.24) is 15.5 Å². The lowest BCUT2D eigenvalue weighted by Crippen LogP contribution is -2.46. The molecule has 1 aliphatic heterocycles. The van der Waals surface area contributed by atoms with Gasteiger partial charge < -0.3 is 15.4 Å². The molecule has 1 atom stereocenters.